The molecular formula is C14H21BN2O5S. The van der Waals surface area contributed by atoms with Gasteiger partial charge in [0.1, 0.15) is 0 Å². The Kier molecular flexibility index (Phi) is 4.49. The number of benzene rings is 1. The number of sulfonamides is 1. The highest BCUT2D eigenvalue weighted by atomic mass is 32.2. The first-order chi connectivity index (χ1) is 10.4. The van der Waals surface area contributed by atoms with E-state index in [1.807, 2.05) is 39.3 Å². The zero-order valence-corrected chi connectivity index (χ0v) is 14.7. The molecule has 1 aliphatic heterocycles. The number of nitrogens with one attached hydrogen (secondary N) is 2. The largest absolute Gasteiger partial charge is 0.595 e. The normalized spacial score (nSPS) is 19.4. The van der Waals surface area contributed by atoms with Crippen LogP contribution in [-0.4, -0.2) is 32.9 Å². The topological polar surface area (TPSA) is 93.7 Å². The predicted octanol–water partition coefficient (Wildman–Crippen LogP) is 1.57. The average Bonchev–Trinajstić information content (AvgIpc) is 2.56. The van der Waals surface area contributed by atoms with Crippen LogP contribution in [0.4, 0.5) is 4.79 Å². The number of carbonyl (C=O) groups excluding carboxylic acids is 1. The minimum Gasteiger partial charge on any atom is -0.384 e. The molecule has 0 atom stereocenters. The zero-order chi connectivity index (χ0) is 17.5. The number of aryl methyl sites for hydroxylation is 1. The van der Waals surface area contributed by atoms with Crippen molar-refractivity contribution < 1.29 is 22.5 Å². The van der Waals surface area contributed by atoms with Crippen LogP contribution in [0.5, 0.6) is 0 Å². The van der Waals surface area contributed by atoms with E-state index in [4.69, 9.17) is 9.31 Å². The molecule has 126 valence electrons. The molecule has 1 aromatic rings. The van der Waals surface area contributed by atoms with Crippen molar-refractivity contribution in [1.82, 2.24) is 9.95 Å². The molecule has 7 nitrogen and oxygen atoms in total. The first-order valence-corrected chi connectivity index (χ1v) is 8.67. The van der Waals surface area contributed by atoms with E-state index in [2.05, 4.69) is 5.23 Å². The number of carbonyl (C=O) groups is 1. The van der Waals surface area contributed by atoms with Gasteiger partial charge in [0.25, 0.3) is 10.0 Å². The third-order valence-corrected chi connectivity index (χ3v) is 5.41. The lowest BCUT2D eigenvalue weighted by Crippen LogP contribution is -2.48. The van der Waals surface area contributed by atoms with E-state index in [0.29, 0.717) is 0 Å². The van der Waals surface area contributed by atoms with Crippen molar-refractivity contribution in [3.05, 3.63) is 29.8 Å². The van der Waals surface area contributed by atoms with Gasteiger partial charge in [-0.1, -0.05) is 17.7 Å². The standard InChI is InChI=1S/C14H21BN2O5S/c1-10-6-8-11(9-7-10)23(19,20)17-12(18)16-15-21-13(2,3)14(4,5)22-15/h6-9H,1-5H3,(H2,16,17,18). The van der Waals surface area contributed by atoms with E-state index in [1.54, 1.807) is 12.1 Å². The van der Waals surface area contributed by atoms with Crippen LogP contribution in [0.15, 0.2) is 29.2 Å². The molecule has 0 spiro atoms. The van der Waals surface area contributed by atoms with Crippen LogP contribution in [0.2, 0.25) is 0 Å². The molecule has 2 amide bonds. The molecular weight excluding hydrogens is 319 g/mol. The number of urea groups is 1. The summed E-state index contributed by atoms with van der Waals surface area (Å²) in [4.78, 5) is 11.9. The highest BCUT2D eigenvalue weighted by Crippen LogP contribution is 2.35. The summed E-state index contributed by atoms with van der Waals surface area (Å²) < 4.78 is 37.4. The minimum absolute atomic E-state index is 0.00664. The minimum atomic E-state index is -3.95. The van der Waals surface area contributed by atoms with Crippen molar-refractivity contribution in [3.63, 3.8) is 0 Å². The number of hydrogen-bond acceptors (Lipinski definition) is 5. The van der Waals surface area contributed by atoms with Gasteiger partial charge in [0.2, 0.25) is 0 Å². The first kappa shape index (κ1) is 17.8. The van der Waals surface area contributed by atoms with Crippen molar-refractivity contribution in [1.29, 1.82) is 0 Å². The van der Waals surface area contributed by atoms with Crippen LogP contribution in [0.3, 0.4) is 0 Å². The second-order valence-electron chi connectivity index (χ2n) is 6.48. The molecule has 1 aliphatic rings. The van der Waals surface area contributed by atoms with Crippen molar-refractivity contribution >= 4 is 23.3 Å². The fraction of sp³-hybridized carbons (Fsp3) is 0.500. The van der Waals surface area contributed by atoms with Gasteiger partial charge in [0.15, 0.2) is 0 Å². The molecule has 1 heterocycles. The van der Waals surface area contributed by atoms with E-state index in [1.165, 1.54) is 12.1 Å². The number of hydrogen-bond donors (Lipinski definition) is 2. The maximum absolute atomic E-state index is 12.1. The van der Waals surface area contributed by atoms with Gasteiger partial charge in [-0.2, -0.15) is 0 Å². The second-order valence-corrected chi connectivity index (χ2v) is 8.16. The fourth-order valence-electron chi connectivity index (χ4n) is 1.94. The van der Waals surface area contributed by atoms with E-state index < -0.39 is 34.5 Å². The van der Waals surface area contributed by atoms with Gasteiger partial charge >= 0.3 is 13.3 Å². The maximum Gasteiger partial charge on any atom is 0.595 e. The van der Waals surface area contributed by atoms with Crippen LogP contribution in [0.25, 0.3) is 0 Å². The highest BCUT2D eigenvalue weighted by molar-refractivity contribution is 7.90. The summed E-state index contributed by atoms with van der Waals surface area (Å²) in [6.07, 6.45) is 0. The van der Waals surface area contributed by atoms with Gasteiger partial charge < -0.3 is 14.5 Å². The molecule has 23 heavy (non-hydrogen) atoms. The van der Waals surface area contributed by atoms with E-state index in [0.717, 1.165) is 5.56 Å². The summed E-state index contributed by atoms with van der Waals surface area (Å²) in [6.45, 7) is 9.16. The highest BCUT2D eigenvalue weighted by Gasteiger charge is 2.52. The maximum atomic E-state index is 12.1. The van der Waals surface area contributed by atoms with Crippen molar-refractivity contribution in [2.24, 2.45) is 0 Å². The Morgan fingerprint density at radius 1 is 1.04 bits per heavy atom. The quantitative estimate of drug-likeness (QED) is 0.815. The van der Waals surface area contributed by atoms with Gasteiger partial charge in [-0.15, -0.1) is 0 Å². The lowest BCUT2D eigenvalue weighted by molar-refractivity contribution is 0.00578. The summed E-state index contributed by atoms with van der Waals surface area (Å²) in [5, 5.41) is 2.35. The van der Waals surface area contributed by atoms with Gasteiger partial charge in [-0.05, 0) is 46.8 Å². The first-order valence-electron chi connectivity index (χ1n) is 7.19. The Labute approximate surface area is 137 Å². The molecule has 0 saturated carbocycles. The van der Waals surface area contributed by atoms with Gasteiger partial charge in [0, 0.05) is 0 Å². The molecule has 2 rings (SSSR count). The molecule has 0 unspecified atom stereocenters. The second kappa shape index (κ2) is 5.81. The molecule has 1 fully saturated rings. The number of amides is 2. The summed E-state index contributed by atoms with van der Waals surface area (Å²) in [7, 11) is -4.97. The summed E-state index contributed by atoms with van der Waals surface area (Å²) in [5.74, 6) is 0. The zero-order valence-electron chi connectivity index (χ0n) is 13.8. The van der Waals surface area contributed by atoms with Crippen LogP contribution in [-0.2, 0) is 19.3 Å². The molecule has 2 N–H and O–H groups in total. The molecule has 0 bridgehead atoms. The molecule has 0 aromatic heterocycles. The smallest absolute Gasteiger partial charge is 0.384 e. The van der Waals surface area contributed by atoms with E-state index in [-0.39, 0.29) is 4.90 Å². The third kappa shape index (κ3) is 3.85. The summed E-state index contributed by atoms with van der Waals surface area (Å²) >= 11 is 0. The lowest BCUT2D eigenvalue weighted by Gasteiger charge is -2.32. The van der Waals surface area contributed by atoms with Crippen LogP contribution in [0.1, 0.15) is 33.3 Å². The third-order valence-electron chi connectivity index (χ3n) is 4.06. The van der Waals surface area contributed by atoms with Crippen LogP contribution < -0.4 is 9.95 Å². The molecule has 1 saturated heterocycles. The Morgan fingerprint density at radius 2 is 1.52 bits per heavy atom. The predicted molar refractivity (Wildman–Crippen MR) is 86.1 cm³/mol. The number of rotatable bonds is 3. The monoisotopic (exact) mass is 340 g/mol. The van der Waals surface area contributed by atoms with Crippen molar-refractivity contribution in [3.8, 4) is 0 Å². The molecule has 0 radical (unpaired) electrons. The van der Waals surface area contributed by atoms with Crippen molar-refractivity contribution in [2.75, 3.05) is 0 Å². The Balaban J connectivity index is 2.02. The SMILES string of the molecule is Cc1ccc(S(=O)(=O)NC(=O)NB2OC(C)(C)C(C)(C)O2)cc1. The van der Waals surface area contributed by atoms with Crippen LogP contribution in [0, 0.1) is 6.92 Å². The molecule has 9 heteroatoms. The average molecular weight is 340 g/mol. The molecule has 1 aromatic carbocycles. The summed E-state index contributed by atoms with van der Waals surface area (Å²) in [5.41, 5.74) is -0.327. The Morgan fingerprint density at radius 3 is 2.00 bits per heavy atom. The van der Waals surface area contributed by atoms with Gasteiger partial charge in [-0.25, -0.2) is 17.9 Å². The fourth-order valence-corrected chi connectivity index (χ4v) is 2.85. The van der Waals surface area contributed by atoms with Crippen LogP contribution >= 0.6 is 0 Å². The Bertz CT molecular complexity index is 684. The van der Waals surface area contributed by atoms with E-state index in [9.17, 15) is 13.2 Å². The summed E-state index contributed by atoms with van der Waals surface area (Å²) in [6, 6.07) is 5.25. The van der Waals surface area contributed by atoms with Gasteiger partial charge in [0.05, 0.1) is 16.1 Å². The molecule has 0 aliphatic carbocycles. The van der Waals surface area contributed by atoms with Crippen molar-refractivity contribution in [2.45, 2.75) is 50.7 Å². The van der Waals surface area contributed by atoms with E-state index >= 15 is 0 Å². The lowest BCUT2D eigenvalue weighted by atomic mass is 9.90. The Hall–Kier alpha value is -1.58. The van der Waals surface area contributed by atoms with Gasteiger partial charge in [-0.3, -0.25) is 0 Å².